The van der Waals surface area contributed by atoms with Crippen LogP contribution in [-0.4, -0.2) is 59.6 Å². The summed E-state index contributed by atoms with van der Waals surface area (Å²) in [7, 11) is -4.98. The molecule has 0 aromatic rings. The summed E-state index contributed by atoms with van der Waals surface area (Å²) in [5.41, 5.74) is 0. The Bertz CT molecular complexity index is 252. The molecule has 0 heterocycles. The monoisotopic (exact) mass is 193 g/mol. The van der Waals surface area contributed by atoms with Crippen LogP contribution in [0, 0.1) is 0 Å². The summed E-state index contributed by atoms with van der Waals surface area (Å²) in [4.78, 5) is 19.0. The molecule has 0 saturated carbocycles. The van der Waals surface area contributed by atoms with Crippen molar-refractivity contribution in [3.63, 3.8) is 0 Å². The third-order valence-electron chi connectivity index (χ3n) is 0.395. The van der Waals surface area contributed by atoms with Crippen molar-refractivity contribution in [3.05, 3.63) is 0 Å². The second-order valence-electron chi connectivity index (χ2n) is 1.07. The minimum atomic E-state index is -4.98. The van der Waals surface area contributed by atoms with Crippen LogP contribution in [0.4, 0.5) is 9.59 Å². The van der Waals surface area contributed by atoms with Crippen LogP contribution >= 0.6 is 0 Å². The van der Waals surface area contributed by atoms with Crippen molar-refractivity contribution in [2.24, 2.45) is 0 Å². The minimum Gasteiger partial charge on any atom is -0.467 e. The van der Waals surface area contributed by atoms with Crippen molar-refractivity contribution >= 4 is 51.1 Å². The minimum absolute atomic E-state index is 0. The van der Waals surface area contributed by atoms with Gasteiger partial charge in [-0.15, -0.1) is 0 Å². The third kappa shape index (κ3) is 5.01. The molecular formula is C2H2NaO7S. The number of hydrogen-bond acceptors (Lipinski definition) is 5. The normalized spacial score (nSPS) is 9.45. The third-order valence-corrected chi connectivity index (χ3v) is 1.18. The zero-order valence-corrected chi connectivity index (χ0v) is 8.16. The zero-order chi connectivity index (χ0) is 8.36. The Labute approximate surface area is 83.4 Å². The maximum atomic E-state index is 9.94. The fourth-order valence-electron chi connectivity index (χ4n) is 0.129. The number of hydrogen-bond donors (Lipinski definition) is 2. The molecule has 0 spiro atoms. The van der Waals surface area contributed by atoms with Crippen LogP contribution < -0.4 is 0 Å². The smallest absolute Gasteiger partial charge is 0.467 e. The van der Waals surface area contributed by atoms with Gasteiger partial charge in [-0.25, -0.2) is 9.59 Å². The number of carboxylic acid groups (broad SMARTS) is 2. The first kappa shape index (κ1) is 13.3. The molecule has 0 aromatic heterocycles. The summed E-state index contributed by atoms with van der Waals surface area (Å²) in [6.45, 7) is 0. The molecule has 7 nitrogen and oxygen atoms in total. The summed E-state index contributed by atoms with van der Waals surface area (Å²) >= 11 is 0. The Hall–Kier alpha value is -0.310. The standard InChI is InChI=1S/C2H2O7S.Na/c3-1(4)9-10(7,8)2(5)6;/h(H,3,4)(H,5,6);. The molecule has 0 unspecified atom stereocenters. The van der Waals surface area contributed by atoms with Crippen LogP contribution in [-0.2, 0) is 14.3 Å². The van der Waals surface area contributed by atoms with Gasteiger partial charge in [-0.05, 0) is 0 Å². The van der Waals surface area contributed by atoms with Crippen molar-refractivity contribution in [1.29, 1.82) is 0 Å². The van der Waals surface area contributed by atoms with E-state index in [1.54, 1.807) is 0 Å². The second-order valence-corrected chi connectivity index (χ2v) is 2.49. The van der Waals surface area contributed by atoms with Crippen LogP contribution in [0.5, 0.6) is 0 Å². The summed E-state index contributed by atoms with van der Waals surface area (Å²) < 4.78 is 22.9. The summed E-state index contributed by atoms with van der Waals surface area (Å²) in [6.07, 6.45) is -2.18. The van der Waals surface area contributed by atoms with Gasteiger partial charge in [0, 0.05) is 29.6 Å². The van der Waals surface area contributed by atoms with Gasteiger partial charge in [0.2, 0.25) is 0 Å². The fraction of sp³-hybridized carbons (Fsp3) is 0. The van der Waals surface area contributed by atoms with Gasteiger partial charge in [-0.3, -0.25) is 0 Å². The summed E-state index contributed by atoms with van der Waals surface area (Å²) in [6, 6.07) is 0. The van der Waals surface area contributed by atoms with Gasteiger partial charge >= 0.3 is 21.6 Å². The van der Waals surface area contributed by atoms with Crippen molar-refractivity contribution in [2.45, 2.75) is 0 Å². The predicted molar refractivity (Wildman–Crippen MR) is 31.8 cm³/mol. The molecule has 0 aliphatic carbocycles. The van der Waals surface area contributed by atoms with Crippen molar-refractivity contribution < 1.29 is 32.4 Å². The van der Waals surface area contributed by atoms with E-state index in [1.165, 1.54) is 0 Å². The summed E-state index contributed by atoms with van der Waals surface area (Å²) in [5, 5.41) is 13.0. The van der Waals surface area contributed by atoms with Gasteiger partial charge < -0.3 is 14.4 Å². The Kier molecular flexibility index (Phi) is 5.49. The van der Waals surface area contributed by atoms with E-state index in [0.29, 0.717) is 0 Å². The Morgan fingerprint density at radius 2 is 1.55 bits per heavy atom. The summed E-state index contributed by atoms with van der Waals surface area (Å²) in [5.74, 6) is 0. The molecule has 0 aromatic carbocycles. The van der Waals surface area contributed by atoms with E-state index in [0.717, 1.165) is 0 Å². The van der Waals surface area contributed by atoms with Gasteiger partial charge in [0.15, 0.2) is 0 Å². The molecule has 11 heavy (non-hydrogen) atoms. The second kappa shape index (κ2) is 4.54. The van der Waals surface area contributed by atoms with Crippen molar-refractivity contribution in [2.75, 3.05) is 0 Å². The Morgan fingerprint density at radius 3 is 1.64 bits per heavy atom. The number of carbonyl (C=O) groups is 2. The molecule has 9 heteroatoms. The van der Waals surface area contributed by atoms with E-state index in [4.69, 9.17) is 10.2 Å². The van der Waals surface area contributed by atoms with E-state index in [1.807, 2.05) is 0 Å². The molecule has 0 bridgehead atoms. The van der Waals surface area contributed by atoms with Gasteiger partial charge in [-0.1, -0.05) is 0 Å². The molecule has 2 N–H and O–H groups in total. The van der Waals surface area contributed by atoms with Crippen LogP contribution in [0.3, 0.4) is 0 Å². The average Bonchev–Trinajstić information content (AvgIpc) is 1.60. The topological polar surface area (TPSA) is 118 Å². The maximum Gasteiger partial charge on any atom is 0.522 e. The molecule has 0 atom stereocenters. The Balaban J connectivity index is 0. The van der Waals surface area contributed by atoms with Gasteiger partial charge in [-0.2, -0.15) is 8.42 Å². The van der Waals surface area contributed by atoms with Gasteiger partial charge in [0.1, 0.15) is 0 Å². The van der Waals surface area contributed by atoms with Crippen molar-refractivity contribution in [3.8, 4) is 0 Å². The molecule has 0 aliphatic rings. The molecule has 0 amide bonds. The molecular weight excluding hydrogens is 191 g/mol. The van der Waals surface area contributed by atoms with Crippen molar-refractivity contribution in [1.82, 2.24) is 0 Å². The maximum absolute atomic E-state index is 9.94. The first-order valence-corrected chi connectivity index (χ1v) is 3.17. The quantitative estimate of drug-likeness (QED) is 0.386. The molecule has 59 valence electrons. The van der Waals surface area contributed by atoms with Gasteiger partial charge in [0.25, 0.3) is 0 Å². The molecule has 0 fully saturated rings. The zero-order valence-electron chi connectivity index (χ0n) is 5.34. The van der Waals surface area contributed by atoms with Gasteiger partial charge in [0.05, 0.1) is 0 Å². The Morgan fingerprint density at radius 1 is 1.18 bits per heavy atom. The van der Waals surface area contributed by atoms with Crippen LogP contribution in [0.2, 0.25) is 0 Å². The number of rotatable bonds is 0. The van der Waals surface area contributed by atoms with E-state index in [-0.39, 0.29) is 29.6 Å². The first-order chi connectivity index (χ1) is 4.36. The molecule has 0 aliphatic heterocycles. The molecule has 0 saturated heterocycles. The molecule has 0 rings (SSSR count). The van der Waals surface area contributed by atoms with E-state index in [9.17, 15) is 18.0 Å². The van der Waals surface area contributed by atoms with E-state index >= 15 is 0 Å². The average molecular weight is 193 g/mol. The largest absolute Gasteiger partial charge is 0.522 e. The van der Waals surface area contributed by atoms with Crippen LogP contribution in [0.1, 0.15) is 0 Å². The van der Waals surface area contributed by atoms with Crippen LogP contribution in [0.15, 0.2) is 0 Å². The molecule has 1 radical (unpaired) electrons. The fourth-order valence-corrected chi connectivity index (χ4v) is 0.388. The van der Waals surface area contributed by atoms with Crippen LogP contribution in [0.25, 0.3) is 0 Å². The van der Waals surface area contributed by atoms with E-state index < -0.39 is 21.6 Å². The SMILES string of the molecule is O=C(O)OS(=O)(=O)C(=O)O.[Na]. The first-order valence-electron chi connectivity index (χ1n) is 1.76. The predicted octanol–water partition coefficient (Wildman–Crippen LogP) is -0.692. The van der Waals surface area contributed by atoms with E-state index in [2.05, 4.69) is 4.18 Å².